The van der Waals surface area contributed by atoms with Crippen LogP contribution in [0.1, 0.15) is 26.7 Å². The Morgan fingerprint density at radius 2 is 2.15 bits per heavy atom. The molecule has 0 radical (unpaired) electrons. The molecule has 0 aromatic heterocycles. The summed E-state index contributed by atoms with van der Waals surface area (Å²) in [7, 11) is -2.77. The largest absolute Gasteiger partial charge is 0.228 e. The molecule has 74 valence electrons. The van der Waals surface area contributed by atoms with Crippen LogP contribution in [0.3, 0.4) is 0 Å². The van der Waals surface area contributed by atoms with E-state index in [-0.39, 0.29) is 5.41 Å². The van der Waals surface area contributed by atoms with Crippen LogP contribution in [-0.2, 0) is 9.84 Å². The normalized spacial score (nSPS) is 35.2. The van der Waals surface area contributed by atoms with Gasteiger partial charge in [0.2, 0.25) is 0 Å². The van der Waals surface area contributed by atoms with Gasteiger partial charge in [0.1, 0.15) is 0 Å². The van der Waals surface area contributed by atoms with Crippen LogP contribution in [0.4, 0.5) is 0 Å². The van der Waals surface area contributed by atoms with Gasteiger partial charge >= 0.3 is 0 Å². The summed E-state index contributed by atoms with van der Waals surface area (Å²) >= 11 is 0. The number of rotatable bonds is 0. The number of hydrogen-bond donors (Lipinski definition) is 0. The van der Waals surface area contributed by atoms with E-state index in [0.717, 1.165) is 12.8 Å². The zero-order chi connectivity index (χ0) is 9.69. The van der Waals surface area contributed by atoms with Gasteiger partial charge in [0, 0.05) is 0 Å². The molecule has 1 heterocycles. The SMILES string of the molecule is CC1(C)CCC=C2CS(=O)(=O)CC21. The standard InChI is InChI=1S/C10H16O2S/c1-10(2)5-3-4-8-6-13(11,12)7-9(8)10/h4,9H,3,5-7H2,1-2H3. The zero-order valence-electron chi connectivity index (χ0n) is 8.21. The van der Waals surface area contributed by atoms with E-state index in [1.807, 2.05) is 0 Å². The molecule has 1 saturated heterocycles. The minimum atomic E-state index is -2.77. The molecule has 2 aliphatic rings. The molecular weight excluding hydrogens is 184 g/mol. The summed E-state index contributed by atoms with van der Waals surface area (Å²) < 4.78 is 22.9. The van der Waals surface area contributed by atoms with E-state index in [9.17, 15) is 8.42 Å². The molecule has 1 atom stereocenters. The highest BCUT2D eigenvalue weighted by atomic mass is 32.2. The summed E-state index contributed by atoms with van der Waals surface area (Å²) in [5, 5.41) is 0. The minimum absolute atomic E-state index is 0.188. The van der Waals surface area contributed by atoms with Crippen molar-refractivity contribution >= 4 is 9.84 Å². The van der Waals surface area contributed by atoms with E-state index in [1.54, 1.807) is 0 Å². The average Bonchev–Trinajstić information content (AvgIpc) is 2.25. The van der Waals surface area contributed by atoms with E-state index in [1.165, 1.54) is 5.57 Å². The van der Waals surface area contributed by atoms with Crippen molar-refractivity contribution in [3.05, 3.63) is 11.6 Å². The molecule has 13 heavy (non-hydrogen) atoms. The van der Waals surface area contributed by atoms with Crippen LogP contribution < -0.4 is 0 Å². The lowest BCUT2D eigenvalue weighted by atomic mass is 9.70. The van der Waals surface area contributed by atoms with Gasteiger partial charge in [0.25, 0.3) is 0 Å². The summed E-state index contributed by atoms with van der Waals surface area (Å²) in [6.45, 7) is 4.37. The number of hydrogen-bond acceptors (Lipinski definition) is 2. The third kappa shape index (κ3) is 1.54. The molecule has 2 nitrogen and oxygen atoms in total. The molecule has 0 bridgehead atoms. The second-order valence-electron chi connectivity index (χ2n) is 4.91. The van der Waals surface area contributed by atoms with Gasteiger partial charge < -0.3 is 0 Å². The maximum absolute atomic E-state index is 11.4. The van der Waals surface area contributed by atoms with Crippen molar-refractivity contribution in [1.82, 2.24) is 0 Å². The number of sulfone groups is 1. The maximum atomic E-state index is 11.4. The molecule has 1 aliphatic heterocycles. The van der Waals surface area contributed by atoms with Gasteiger partial charge in [0.15, 0.2) is 9.84 Å². The third-order valence-electron chi connectivity index (χ3n) is 3.39. The first kappa shape index (κ1) is 9.25. The Hall–Kier alpha value is -0.310. The van der Waals surface area contributed by atoms with Gasteiger partial charge in [-0.1, -0.05) is 25.5 Å². The van der Waals surface area contributed by atoms with E-state index in [0.29, 0.717) is 17.4 Å². The number of fused-ring (bicyclic) bond motifs is 1. The van der Waals surface area contributed by atoms with Crippen LogP contribution in [0.5, 0.6) is 0 Å². The van der Waals surface area contributed by atoms with Crippen LogP contribution >= 0.6 is 0 Å². The van der Waals surface area contributed by atoms with Crippen molar-refractivity contribution in [2.45, 2.75) is 26.7 Å². The molecule has 0 saturated carbocycles. The fourth-order valence-corrected chi connectivity index (χ4v) is 4.62. The maximum Gasteiger partial charge on any atom is 0.154 e. The van der Waals surface area contributed by atoms with Gasteiger partial charge in [0.05, 0.1) is 11.5 Å². The van der Waals surface area contributed by atoms with Gasteiger partial charge in [-0.25, -0.2) is 8.42 Å². The Morgan fingerprint density at radius 1 is 1.46 bits per heavy atom. The van der Waals surface area contributed by atoms with Crippen molar-refractivity contribution < 1.29 is 8.42 Å². The van der Waals surface area contributed by atoms with Crippen LogP contribution in [0.15, 0.2) is 11.6 Å². The fourth-order valence-electron chi connectivity index (χ4n) is 2.51. The highest BCUT2D eigenvalue weighted by Crippen LogP contribution is 2.45. The molecule has 1 fully saturated rings. The van der Waals surface area contributed by atoms with E-state index >= 15 is 0 Å². The van der Waals surface area contributed by atoms with Crippen LogP contribution in [0.2, 0.25) is 0 Å². The molecule has 0 spiro atoms. The molecule has 0 aromatic carbocycles. The van der Waals surface area contributed by atoms with Gasteiger partial charge in [-0.05, 0) is 24.2 Å². The number of allylic oxidation sites excluding steroid dienone is 1. The summed E-state index contributed by atoms with van der Waals surface area (Å²) in [5.41, 5.74) is 1.37. The highest BCUT2D eigenvalue weighted by molar-refractivity contribution is 7.91. The minimum Gasteiger partial charge on any atom is -0.228 e. The Kier molecular flexibility index (Phi) is 1.85. The second-order valence-corrected chi connectivity index (χ2v) is 7.02. The first-order valence-electron chi connectivity index (χ1n) is 4.80. The average molecular weight is 200 g/mol. The molecule has 0 amide bonds. The summed E-state index contributed by atoms with van der Waals surface area (Å²) in [4.78, 5) is 0. The van der Waals surface area contributed by atoms with Crippen LogP contribution in [0.25, 0.3) is 0 Å². The first-order chi connectivity index (χ1) is 5.91. The van der Waals surface area contributed by atoms with Crippen molar-refractivity contribution in [1.29, 1.82) is 0 Å². The Balaban J connectivity index is 2.39. The lowest BCUT2D eigenvalue weighted by molar-refractivity contribution is 0.239. The molecule has 2 rings (SSSR count). The van der Waals surface area contributed by atoms with Crippen molar-refractivity contribution in [3.8, 4) is 0 Å². The van der Waals surface area contributed by atoms with Crippen molar-refractivity contribution in [2.75, 3.05) is 11.5 Å². The lowest BCUT2D eigenvalue weighted by Crippen LogP contribution is -2.28. The molecule has 0 aromatic rings. The fraction of sp³-hybridized carbons (Fsp3) is 0.800. The Labute approximate surface area is 79.9 Å². The molecule has 0 N–H and O–H groups in total. The summed E-state index contributed by atoms with van der Waals surface area (Å²) in [6.07, 6.45) is 4.31. The Morgan fingerprint density at radius 3 is 2.77 bits per heavy atom. The monoisotopic (exact) mass is 200 g/mol. The predicted molar refractivity (Wildman–Crippen MR) is 53.2 cm³/mol. The molecular formula is C10H16O2S. The second kappa shape index (κ2) is 2.59. The van der Waals surface area contributed by atoms with E-state index < -0.39 is 9.84 Å². The molecule has 1 unspecified atom stereocenters. The summed E-state index contributed by atoms with van der Waals surface area (Å²) in [5.74, 6) is 0.999. The van der Waals surface area contributed by atoms with Gasteiger partial charge in [-0.15, -0.1) is 0 Å². The van der Waals surface area contributed by atoms with E-state index in [2.05, 4.69) is 19.9 Å². The Bertz CT molecular complexity index is 349. The lowest BCUT2D eigenvalue weighted by Gasteiger charge is -2.34. The molecule has 3 heteroatoms. The highest BCUT2D eigenvalue weighted by Gasteiger charge is 2.43. The van der Waals surface area contributed by atoms with Gasteiger partial charge in [-0.3, -0.25) is 0 Å². The van der Waals surface area contributed by atoms with Crippen LogP contribution in [0, 0.1) is 11.3 Å². The predicted octanol–water partition coefficient (Wildman–Crippen LogP) is 1.78. The van der Waals surface area contributed by atoms with Crippen LogP contribution in [-0.4, -0.2) is 19.9 Å². The zero-order valence-corrected chi connectivity index (χ0v) is 9.02. The van der Waals surface area contributed by atoms with Crippen molar-refractivity contribution in [3.63, 3.8) is 0 Å². The first-order valence-corrected chi connectivity index (χ1v) is 6.62. The topological polar surface area (TPSA) is 34.1 Å². The quantitative estimate of drug-likeness (QED) is 0.559. The van der Waals surface area contributed by atoms with Crippen molar-refractivity contribution in [2.24, 2.45) is 11.3 Å². The van der Waals surface area contributed by atoms with E-state index in [4.69, 9.17) is 0 Å². The summed E-state index contributed by atoms with van der Waals surface area (Å²) in [6, 6.07) is 0. The molecule has 1 aliphatic carbocycles. The smallest absolute Gasteiger partial charge is 0.154 e. The van der Waals surface area contributed by atoms with Gasteiger partial charge in [-0.2, -0.15) is 0 Å². The third-order valence-corrected chi connectivity index (χ3v) is 5.01.